The summed E-state index contributed by atoms with van der Waals surface area (Å²) in [4.78, 5) is 0. The molecule has 0 atom stereocenters. The second-order valence-electron chi connectivity index (χ2n) is 1.90. The van der Waals surface area contributed by atoms with Crippen molar-refractivity contribution in [2.24, 2.45) is 0 Å². The fourth-order valence-corrected chi connectivity index (χ4v) is 0.957. The Morgan fingerprint density at radius 3 is 2.73 bits per heavy atom. The number of hydrogen-bond donors (Lipinski definition) is 1. The molecule has 2 nitrogen and oxygen atoms in total. The molecule has 0 aliphatic rings. The van der Waals surface area contributed by atoms with Crippen molar-refractivity contribution in [2.45, 2.75) is 0 Å². The molecule has 1 aromatic carbocycles. The van der Waals surface area contributed by atoms with Crippen molar-refractivity contribution in [3.05, 3.63) is 28.0 Å². The van der Waals surface area contributed by atoms with Gasteiger partial charge in [-0.05, 0) is 28.1 Å². The van der Waals surface area contributed by atoms with Crippen molar-refractivity contribution in [1.29, 1.82) is 5.26 Å². The van der Waals surface area contributed by atoms with Gasteiger partial charge in [-0.2, -0.15) is 5.26 Å². The van der Waals surface area contributed by atoms with E-state index in [0.29, 0.717) is 0 Å². The molecule has 0 saturated carbocycles. The first kappa shape index (κ1) is 8.02. The smallest absolute Gasteiger partial charge is 0.138 e. The van der Waals surface area contributed by atoms with Gasteiger partial charge in [-0.15, -0.1) is 0 Å². The van der Waals surface area contributed by atoms with E-state index >= 15 is 0 Å². The van der Waals surface area contributed by atoms with Gasteiger partial charge in [0.1, 0.15) is 17.6 Å². The highest BCUT2D eigenvalue weighted by molar-refractivity contribution is 9.10. The van der Waals surface area contributed by atoms with E-state index in [9.17, 15) is 4.39 Å². The molecule has 0 fully saturated rings. The van der Waals surface area contributed by atoms with Crippen LogP contribution in [0.2, 0.25) is 0 Å². The first-order chi connectivity index (χ1) is 5.15. The van der Waals surface area contributed by atoms with Crippen LogP contribution in [0.1, 0.15) is 5.56 Å². The Hall–Kier alpha value is -1.08. The van der Waals surface area contributed by atoms with Crippen molar-refractivity contribution in [3.63, 3.8) is 0 Å². The zero-order valence-corrected chi connectivity index (χ0v) is 6.89. The van der Waals surface area contributed by atoms with Gasteiger partial charge >= 0.3 is 0 Å². The molecule has 0 aromatic heterocycles. The Morgan fingerprint density at radius 1 is 1.55 bits per heavy atom. The number of halogens is 2. The minimum Gasteiger partial charge on any atom is -0.507 e. The van der Waals surface area contributed by atoms with Gasteiger partial charge in [0.25, 0.3) is 0 Å². The normalized spacial score (nSPS) is 9.18. The molecular weight excluding hydrogens is 213 g/mol. The van der Waals surface area contributed by atoms with Crippen LogP contribution in [0, 0.1) is 17.1 Å². The number of aromatic hydroxyl groups is 1. The average Bonchev–Trinajstić information content (AvgIpc) is 1.97. The minimum absolute atomic E-state index is 0.0642. The lowest BCUT2D eigenvalue weighted by molar-refractivity contribution is 0.470. The zero-order valence-electron chi connectivity index (χ0n) is 5.31. The van der Waals surface area contributed by atoms with Crippen LogP contribution < -0.4 is 0 Å². The molecule has 0 aliphatic carbocycles. The SMILES string of the molecule is N#Cc1cc(F)c(Br)cc1O. The Kier molecular flexibility index (Phi) is 2.11. The zero-order chi connectivity index (χ0) is 8.43. The summed E-state index contributed by atoms with van der Waals surface area (Å²) in [5.41, 5.74) is -0.0642. The largest absolute Gasteiger partial charge is 0.507 e. The topological polar surface area (TPSA) is 44.0 Å². The fourth-order valence-electron chi connectivity index (χ4n) is 0.626. The van der Waals surface area contributed by atoms with Crippen LogP contribution in [0.3, 0.4) is 0 Å². The second kappa shape index (κ2) is 2.89. The predicted octanol–water partition coefficient (Wildman–Crippen LogP) is 2.17. The summed E-state index contributed by atoms with van der Waals surface area (Å²) in [6.07, 6.45) is 0. The highest BCUT2D eigenvalue weighted by Gasteiger charge is 2.05. The number of nitrogens with zero attached hydrogens (tertiary/aromatic N) is 1. The molecule has 56 valence electrons. The van der Waals surface area contributed by atoms with Gasteiger partial charge in [-0.1, -0.05) is 0 Å². The van der Waals surface area contributed by atoms with Crippen LogP contribution in [0.4, 0.5) is 4.39 Å². The summed E-state index contributed by atoms with van der Waals surface area (Å²) < 4.78 is 12.8. The lowest BCUT2D eigenvalue weighted by Gasteiger charge is -1.97. The van der Waals surface area contributed by atoms with E-state index in [4.69, 9.17) is 10.4 Å². The molecule has 1 rings (SSSR count). The summed E-state index contributed by atoms with van der Waals surface area (Å²) in [6.45, 7) is 0. The summed E-state index contributed by atoms with van der Waals surface area (Å²) in [5, 5.41) is 17.3. The molecule has 0 unspecified atom stereocenters. The van der Waals surface area contributed by atoms with E-state index < -0.39 is 5.82 Å². The fraction of sp³-hybridized carbons (Fsp3) is 0. The van der Waals surface area contributed by atoms with E-state index in [1.807, 2.05) is 0 Å². The van der Waals surface area contributed by atoms with Gasteiger partial charge in [0.15, 0.2) is 0 Å². The number of hydrogen-bond acceptors (Lipinski definition) is 2. The molecule has 0 amide bonds. The molecular formula is C7H3BrFNO. The first-order valence-electron chi connectivity index (χ1n) is 2.73. The molecule has 4 heteroatoms. The first-order valence-corrected chi connectivity index (χ1v) is 3.52. The predicted molar refractivity (Wildman–Crippen MR) is 40.5 cm³/mol. The molecule has 1 aromatic rings. The van der Waals surface area contributed by atoms with Gasteiger partial charge in [0.05, 0.1) is 10.0 Å². The molecule has 0 bridgehead atoms. The highest BCUT2D eigenvalue weighted by atomic mass is 79.9. The minimum atomic E-state index is -0.556. The van der Waals surface area contributed by atoms with Crippen LogP contribution >= 0.6 is 15.9 Å². The van der Waals surface area contributed by atoms with Crippen molar-refractivity contribution in [1.82, 2.24) is 0 Å². The standard InChI is InChI=1S/C7H3BrFNO/c8-5-2-7(11)4(3-10)1-6(5)9/h1-2,11H. The molecule has 0 heterocycles. The summed E-state index contributed by atoms with van der Waals surface area (Å²) >= 11 is 2.86. The van der Waals surface area contributed by atoms with Crippen LogP contribution in [0.5, 0.6) is 5.75 Å². The van der Waals surface area contributed by atoms with Crippen LogP contribution in [0.15, 0.2) is 16.6 Å². The maximum absolute atomic E-state index is 12.6. The maximum Gasteiger partial charge on any atom is 0.138 e. The van der Waals surface area contributed by atoms with E-state index in [2.05, 4.69) is 15.9 Å². The van der Waals surface area contributed by atoms with Gasteiger partial charge < -0.3 is 5.11 Å². The van der Waals surface area contributed by atoms with Crippen molar-refractivity contribution in [3.8, 4) is 11.8 Å². The van der Waals surface area contributed by atoms with Crippen molar-refractivity contribution in [2.75, 3.05) is 0 Å². The van der Waals surface area contributed by atoms with E-state index in [1.54, 1.807) is 6.07 Å². The van der Waals surface area contributed by atoms with Gasteiger partial charge in [0, 0.05) is 0 Å². The highest BCUT2D eigenvalue weighted by Crippen LogP contribution is 2.24. The van der Waals surface area contributed by atoms with E-state index in [1.165, 1.54) is 0 Å². The van der Waals surface area contributed by atoms with Crippen LogP contribution in [0.25, 0.3) is 0 Å². The van der Waals surface area contributed by atoms with E-state index in [0.717, 1.165) is 12.1 Å². The molecule has 0 saturated heterocycles. The van der Waals surface area contributed by atoms with Crippen molar-refractivity contribution >= 4 is 15.9 Å². The maximum atomic E-state index is 12.6. The Bertz CT molecular complexity index is 332. The molecule has 0 aliphatic heterocycles. The molecule has 1 N–H and O–H groups in total. The third-order valence-corrected chi connectivity index (χ3v) is 1.77. The second-order valence-corrected chi connectivity index (χ2v) is 2.75. The third kappa shape index (κ3) is 1.49. The average molecular weight is 216 g/mol. The molecule has 0 radical (unpaired) electrons. The van der Waals surface area contributed by atoms with Crippen LogP contribution in [-0.4, -0.2) is 5.11 Å². The number of benzene rings is 1. The number of rotatable bonds is 0. The summed E-state index contributed by atoms with van der Waals surface area (Å²) in [5.74, 6) is -0.778. The number of phenols is 1. The van der Waals surface area contributed by atoms with Gasteiger partial charge in [0.2, 0.25) is 0 Å². The Labute approximate surface area is 71.0 Å². The third-order valence-electron chi connectivity index (χ3n) is 1.16. The molecule has 11 heavy (non-hydrogen) atoms. The quantitative estimate of drug-likeness (QED) is 0.722. The van der Waals surface area contributed by atoms with Crippen molar-refractivity contribution < 1.29 is 9.50 Å². The Balaban J connectivity index is 3.35. The monoisotopic (exact) mass is 215 g/mol. The van der Waals surface area contributed by atoms with Gasteiger partial charge in [-0.3, -0.25) is 0 Å². The van der Waals surface area contributed by atoms with E-state index in [-0.39, 0.29) is 15.8 Å². The lowest BCUT2D eigenvalue weighted by atomic mass is 10.2. The summed E-state index contributed by atoms with van der Waals surface area (Å²) in [7, 11) is 0. The number of phenolic OH excluding ortho intramolecular Hbond substituents is 1. The molecule has 0 spiro atoms. The van der Waals surface area contributed by atoms with Crippen LogP contribution in [-0.2, 0) is 0 Å². The lowest BCUT2D eigenvalue weighted by Crippen LogP contribution is -1.81. The van der Waals surface area contributed by atoms with Gasteiger partial charge in [-0.25, -0.2) is 4.39 Å². The number of nitriles is 1. The Morgan fingerprint density at radius 2 is 2.18 bits per heavy atom. The summed E-state index contributed by atoms with van der Waals surface area (Å²) in [6, 6.07) is 3.77.